The van der Waals surface area contributed by atoms with Crippen molar-refractivity contribution in [3.63, 3.8) is 0 Å². The minimum Gasteiger partial charge on any atom is -0.294 e. The molecule has 1 fully saturated rings. The maximum Gasteiger partial charge on any atom is 0.399 e. The van der Waals surface area contributed by atoms with Crippen LogP contribution in [0.1, 0.15) is 52.2 Å². The summed E-state index contributed by atoms with van der Waals surface area (Å²) >= 11 is 21.2. The number of rotatable bonds is 7. The van der Waals surface area contributed by atoms with Crippen molar-refractivity contribution in [3.8, 4) is 0 Å². The van der Waals surface area contributed by atoms with Crippen LogP contribution in [0.15, 0.2) is 65.4 Å². The standard InChI is InChI=1S/C26H18BrCl3F3NO/c27-20-10-15(4-6-19(26(31,32)33)16-11-21(28)24(30)22(29)12-16)3-5-18(20)23(35)13-25(7-8-25)17-2-1-9-34-14-17/h1-6,9-12,14,19H,7-8,13H2/b6-4+. The highest BCUT2D eigenvalue weighted by atomic mass is 79.9. The molecule has 0 bridgehead atoms. The number of allylic oxidation sites excluding steroid dienone is 1. The molecule has 1 aliphatic rings. The summed E-state index contributed by atoms with van der Waals surface area (Å²) in [5.74, 6) is -1.98. The Bertz CT molecular complexity index is 1270. The molecule has 0 N–H and O–H groups in total. The van der Waals surface area contributed by atoms with Gasteiger partial charge in [-0.3, -0.25) is 9.78 Å². The summed E-state index contributed by atoms with van der Waals surface area (Å²) in [6.45, 7) is 0. The molecule has 0 radical (unpaired) electrons. The molecular formula is C26H18BrCl3F3NO. The molecule has 9 heteroatoms. The molecular weight excluding hydrogens is 586 g/mol. The first-order chi connectivity index (χ1) is 16.5. The van der Waals surface area contributed by atoms with Crippen LogP contribution in [-0.4, -0.2) is 16.9 Å². The molecule has 1 heterocycles. The van der Waals surface area contributed by atoms with Gasteiger partial charge < -0.3 is 0 Å². The van der Waals surface area contributed by atoms with Gasteiger partial charge in [0.05, 0.1) is 21.0 Å². The molecule has 1 aromatic heterocycles. The van der Waals surface area contributed by atoms with Gasteiger partial charge in [0, 0.05) is 34.3 Å². The third kappa shape index (κ3) is 5.93. The Morgan fingerprint density at radius 3 is 2.34 bits per heavy atom. The van der Waals surface area contributed by atoms with Gasteiger partial charge in [0.15, 0.2) is 5.78 Å². The Labute approximate surface area is 224 Å². The second-order valence-electron chi connectivity index (χ2n) is 8.54. The van der Waals surface area contributed by atoms with E-state index >= 15 is 0 Å². The van der Waals surface area contributed by atoms with Gasteiger partial charge in [0.1, 0.15) is 0 Å². The number of benzene rings is 2. The molecule has 0 amide bonds. The SMILES string of the molecule is O=C(CC1(c2cccnc2)CC1)c1ccc(/C=C/C(c2cc(Cl)c(Cl)c(Cl)c2)C(F)(F)F)cc1Br. The van der Waals surface area contributed by atoms with Crippen molar-refractivity contribution < 1.29 is 18.0 Å². The Kier molecular flexibility index (Phi) is 7.68. The van der Waals surface area contributed by atoms with Crippen LogP contribution in [0.25, 0.3) is 6.08 Å². The van der Waals surface area contributed by atoms with Crippen LogP contribution in [-0.2, 0) is 5.41 Å². The lowest BCUT2D eigenvalue weighted by Crippen LogP contribution is -2.19. The maximum atomic E-state index is 13.8. The Morgan fingerprint density at radius 1 is 1.11 bits per heavy atom. The van der Waals surface area contributed by atoms with Crippen LogP contribution in [0.3, 0.4) is 0 Å². The Morgan fingerprint density at radius 2 is 1.80 bits per heavy atom. The van der Waals surface area contributed by atoms with Crippen molar-refractivity contribution in [2.24, 2.45) is 0 Å². The van der Waals surface area contributed by atoms with Gasteiger partial charge in [-0.05, 0) is 59.9 Å². The number of hydrogen-bond acceptors (Lipinski definition) is 2. The molecule has 1 atom stereocenters. The molecule has 35 heavy (non-hydrogen) atoms. The van der Waals surface area contributed by atoms with E-state index in [1.165, 1.54) is 6.08 Å². The van der Waals surface area contributed by atoms with Gasteiger partial charge in [-0.15, -0.1) is 0 Å². The number of hydrogen-bond donors (Lipinski definition) is 0. The van der Waals surface area contributed by atoms with E-state index in [1.807, 2.05) is 12.1 Å². The lowest BCUT2D eigenvalue weighted by molar-refractivity contribution is -0.139. The van der Waals surface area contributed by atoms with Gasteiger partial charge in [-0.1, -0.05) is 75.0 Å². The molecule has 4 rings (SSSR count). The normalized spacial score (nSPS) is 15.9. The van der Waals surface area contributed by atoms with Crippen molar-refractivity contribution in [1.29, 1.82) is 0 Å². The van der Waals surface area contributed by atoms with Crippen LogP contribution >= 0.6 is 50.7 Å². The molecule has 0 saturated heterocycles. The van der Waals surface area contributed by atoms with E-state index in [0.717, 1.165) is 36.6 Å². The fourth-order valence-electron chi connectivity index (χ4n) is 4.03. The van der Waals surface area contributed by atoms with E-state index in [4.69, 9.17) is 34.8 Å². The average Bonchev–Trinajstić information content (AvgIpc) is 3.57. The number of aromatic nitrogens is 1. The fourth-order valence-corrected chi connectivity index (χ4v) is 5.26. The Hall–Kier alpha value is -1.86. The summed E-state index contributed by atoms with van der Waals surface area (Å²) in [5, 5.41) is -0.105. The minimum atomic E-state index is -4.57. The average molecular weight is 604 g/mol. The van der Waals surface area contributed by atoms with E-state index in [-0.39, 0.29) is 31.8 Å². The van der Waals surface area contributed by atoms with Crippen molar-refractivity contribution >= 4 is 62.6 Å². The monoisotopic (exact) mass is 601 g/mol. The summed E-state index contributed by atoms with van der Waals surface area (Å²) in [6, 6.07) is 11.0. The zero-order chi connectivity index (χ0) is 25.4. The summed E-state index contributed by atoms with van der Waals surface area (Å²) < 4.78 is 41.9. The number of alkyl halides is 3. The first-order valence-corrected chi connectivity index (χ1v) is 12.6. The van der Waals surface area contributed by atoms with Gasteiger partial charge in [0.2, 0.25) is 0 Å². The number of carbonyl (C=O) groups is 1. The quantitative estimate of drug-likeness (QED) is 0.199. The van der Waals surface area contributed by atoms with Crippen LogP contribution in [0, 0.1) is 0 Å². The highest BCUT2D eigenvalue weighted by Gasteiger charge is 2.46. The van der Waals surface area contributed by atoms with E-state index < -0.39 is 12.1 Å². The van der Waals surface area contributed by atoms with Crippen molar-refractivity contribution in [3.05, 3.63) is 103 Å². The van der Waals surface area contributed by atoms with E-state index in [2.05, 4.69) is 20.9 Å². The minimum absolute atomic E-state index is 0.00248. The predicted octanol–water partition coefficient (Wildman–Crippen LogP) is 9.47. The number of pyridine rings is 1. The zero-order valence-electron chi connectivity index (χ0n) is 18.1. The highest BCUT2D eigenvalue weighted by molar-refractivity contribution is 9.10. The topological polar surface area (TPSA) is 30.0 Å². The third-order valence-electron chi connectivity index (χ3n) is 6.12. The number of nitrogens with zero attached hydrogens (tertiary/aromatic N) is 1. The second-order valence-corrected chi connectivity index (χ2v) is 10.6. The highest BCUT2D eigenvalue weighted by Crippen LogP contribution is 2.51. The second kappa shape index (κ2) is 10.3. The van der Waals surface area contributed by atoms with Gasteiger partial charge in [0.25, 0.3) is 0 Å². The molecule has 1 saturated carbocycles. The molecule has 1 aliphatic carbocycles. The smallest absolute Gasteiger partial charge is 0.294 e. The molecule has 2 nitrogen and oxygen atoms in total. The van der Waals surface area contributed by atoms with E-state index in [9.17, 15) is 18.0 Å². The fraction of sp³-hybridized carbons (Fsp3) is 0.231. The molecule has 0 spiro atoms. The molecule has 2 aromatic carbocycles. The maximum absolute atomic E-state index is 13.8. The van der Waals surface area contributed by atoms with Gasteiger partial charge >= 0.3 is 6.18 Å². The molecule has 0 aliphatic heterocycles. The summed E-state index contributed by atoms with van der Waals surface area (Å²) in [4.78, 5) is 17.2. The lowest BCUT2D eigenvalue weighted by Gasteiger charge is -2.18. The molecule has 1 unspecified atom stereocenters. The summed E-state index contributed by atoms with van der Waals surface area (Å²) in [5.41, 5.74) is 1.72. The van der Waals surface area contributed by atoms with Crippen LogP contribution < -0.4 is 0 Å². The van der Waals surface area contributed by atoms with Crippen molar-refractivity contribution in [2.75, 3.05) is 0 Å². The zero-order valence-corrected chi connectivity index (χ0v) is 21.9. The van der Waals surface area contributed by atoms with Gasteiger partial charge in [-0.25, -0.2) is 0 Å². The lowest BCUT2D eigenvalue weighted by atomic mass is 9.89. The largest absolute Gasteiger partial charge is 0.399 e. The number of ketones is 1. The van der Waals surface area contributed by atoms with Crippen molar-refractivity contribution in [2.45, 2.75) is 36.8 Å². The van der Waals surface area contributed by atoms with E-state index in [0.29, 0.717) is 22.0 Å². The number of halogens is 7. The molecule has 3 aromatic rings. The van der Waals surface area contributed by atoms with Crippen molar-refractivity contribution in [1.82, 2.24) is 4.98 Å². The first-order valence-electron chi connectivity index (χ1n) is 10.6. The predicted molar refractivity (Wildman–Crippen MR) is 138 cm³/mol. The third-order valence-corrected chi connectivity index (χ3v) is 7.97. The summed E-state index contributed by atoms with van der Waals surface area (Å²) in [7, 11) is 0. The molecule has 182 valence electrons. The van der Waals surface area contributed by atoms with Gasteiger partial charge in [-0.2, -0.15) is 13.2 Å². The number of Topliss-reactive ketones (excluding diaryl/α,β-unsaturated/α-hetero) is 1. The first kappa shape index (κ1) is 26.2. The number of carbonyl (C=O) groups excluding carboxylic acids is 1. The summed E-state index contributed by atoms with van der Waals surface area (Å²) in [6.07, 6.45) is 3.48. The van der Waals surface area contributed by atoms with E-state index in [1.54, 1.807) is 30.6 Å². The van der Waals surface area contributed by atoms with Crippen LogP contribution in [0.4, 0.5) is 13.2 Å². The Balaban J connectivity index is 1.55. The van der Waals surface area contributed by atoms with Crippen LogP contribution in [0.5, 0.6) is 0 Å². The van der Waals surface area contributed by atoms with Crippen LogP contribution in [0.2, 0.25) is 15.1 Å².